The topological polar surface area (TPSA) is 111 Å². The van der Waals surface area contributed by atoms with Crippen LogP contribution in [-0.4, -0.2) is 70.0 Å². The van der Waals surface area contributed by atoms with Crippen molar-refractivity contribution in [1.29, 1.82) is 0 Å². The number of nitrogens with zero attached hydrogens (tertiary/aromatic N) is 1. The molecule has 0 bridgehead atoms. The number of rotatable bonds is 44. The van der Waals surface area contributed by atoms with Crippen molar-refractivity contribution in [2.24, 2.45) is 0 Å². The maximum Gasteiger partial charge on any atom is 0.306 e. The summed E-state index contributed by atoms with van der Waals surface area (Å²) in [6.07, 6.45) is 47.9. The predicted molar refractivity (Wildman–Crippen MR) is 245 cm³/mol. The molecule has 9 nitrogen and oxygen atoms in total. The Labute approximate surface area is 363 Å². The molecule has 0 N–H and O–H groups in total. The molecule has 0 spiro atoms. The van der Waals surface area contributed by atoms with Gasteiger partial charge in [0.2, 0.25) is 0 Å². The minimum absolute atomic E-state index is 0.0299. The summed E-state index contributed by atoms with van der Waals surface area (Å²) in [4.78, 5) is 37.3. The van der Waals surface area contributed by atoms with E-state index < -0.39 is 32.5 Å². The maximum atomic E-state index is 12.6. The fourth-order valence-corrected chi connectivity index (χ4v) is 7.33. The number of unbranched alkanes of at least 4 members (excludes halogenated alkanes) is 24. The molecule has 346 valence electrons. The predicted octanol–water partition coefficient (Wildman–Crippen LogP) is 13.5. The van der Waals surface area contributed by atoms with E-state index in [-0.39, 0.29) is 26.1 Å². The summed E-state index contributed by atoms with van der Waals surface area (Å²) in [6, 6.07) is 0. The molecule has 2 unspecified atom stereocenters. The molecule has 0 saturated heterocycles. The van der Waals surface area contributed by atoms with E-state index in [1.165, 1.54) is 122 Å². The van der Waals surface area contributed by atoms with E-state index in [0.29, 0.717) is 17.4 Å². The van der Waals surface area contributed by atoms with Gasteiger partial charge < -0.3 is 27.9 Å². The maximum absolute atomic E-state index is 12.6. The van der Waals surface area contributed by atoms with Gasteiger partial charge in [0.25, 0.3) is 7.82 Å². The summed E-state index contributed by atoms with van der Waals surface area (Å²) < 4.78 is 33.8. The monoisotopic (exact) mass is 854 g/mol. The first-order chi connectivity index (χ1) is 28.5. The SMILES string of the molecule is CCCCCCC/C=C\C/C=C\C/C=C\CCCCCCCCCCCCCCCCC(=O)OC(COC(=O)CCCCCCCC)COP(=O)([O-])OCC[N+](C)(C)C. The molecule has 0 amide bonds. The van der Waals surface area contributed by atoms with Crippen LogP contribution in [0.15, 0.2) is 36.5 Å². The molecule has 0 aliphatic rings. The fraction of sp³-hybridized carbons (Fsp3) is 0.837. The normalized spacial score (nSPS) is 13.8. The number of phosphoric ester groups is 1. The number of ether oxygens (including phenoxy) is 2. The summed E-state index contributed by atoms with van der Waals surface area (Å²) in [5.74, 6) is -0.841. The number of hydrogen-bond acceptors (Lipinski definition) is 8. The van der Waals surface area contributed by atoms with Crippen LogP contribution >= 0.6 is 7.82 Å². The highest BCUT2D eigenvalue weighted by atomic mass is 31.2. The zero-order valence-corrected chi connectivity index (χ0v) is 39.8. The molecule has 0 aromatic carbocycles. The van der Waals surface area contributed by atoms with Crippen LogP contribution in [0, 0.1) is 0 Å². The first-order valence-corrected chi connectivity index (χ1v) is 25.7. The molecule has 0 rings (SSSR count). The van der Waals surface area contributed by atoms with Gasteiger partial charge in [-0.05, 0) is 51.4 Å². The molecule has 0 aromatic heterocycles. The number of esters is 2. The molecule has 59 heavy (non-hydrogen) atoms. The third kappa shape index (κ3) is 45.6. The number of phosphoric acid groups is 1. The average molecular weight is 854 g/mol. The van der Waals surface area contributed by atoms with Gasteiger partial charge in [0.05, 0.1) is 27.7 Å². The number of carbonyl (C=O) groups excluding carboxylic acids is 2. The van der Waals surface area contributed by atoms with E-state index in [4.69, 9.17) is 18.5 Å². The zero-order valence-electron chi connectivity index (χ0n) is 39.0. The molecule has 0 heterocycles. The quantitative estimate of drug-likeness (QED) is 0.0196. The Balaban J connectivity index is 3.99. The smallest absolute Gasteiger partial charge is 0.306 e. The number of carbonyl (C=O) groups is 2. The molecule has 0 fully saturated rings. The van der Waals surface area contributed by atoms with Gasteiger partial charge in [-0.25, -0.2) is 0 Å². The Morgan fingerprint density at radius 1 is 0.525 bits per heavy atom. The summed E-state index contributed by atoms with van der Waals surface area (Å²) in [7, 11) is 1.17. The van der Waals surface area contributed by atoms with Crippen molar-refractivity contribution in [1.82, 2.24) is 0 Å². The summed E-state index contributed by atoms with van der Waals surface area (Å²) in [6.45, 7) is 4.15. The molecule has 0 aliphatic carbocycles. The van der Waals surface area contributed by atoms with E-state index in [9.17, 15) is 19.0 Å². The molecule has 10 heteroatoms. The van der Waals surface area contributed by atoms with Gasteiger partial charge in [-0.2, -0.15) is 0 Å². The van der Waals surface area contributed by atoms with E-state index in [1.807, 2.05) is 21.1 Å². The first-order valence-electron chi connectivity index (χ1n) is 24.2. The number of allylic oxidation sites excluding steroid dienone is 6. The van der Waals surface area contributed by atoms with E-state index in [1.54, 1.807) is 0 Å². The second-order valence-electron chi connectivity index (χ2n) is 17.5. The number of quaternary nitrogens is 1. The minimum atomic E-state index is -4.61. The van der Waals surface area contributed by atoms with Crippen LogP contribution in [0.4, 0.5) is 0 Å². The second-order valence-corrected chi connectivity index (χ2v) is 18.9. The fourth-order valence-electron chi connectivity index (χ4n) is 6.60. The van der Waals surface area contributed by atoms with Gasteiger partial charge in [0.15, 0.2) is 6.10 Å². The lowest BCUT2D eigenvalue weighted by atomic mass is 10.0. The Morgan fingerprint density at radius 2 is 0.915 bits per heavy atom. The highest BCUT2D eigenvalue weighted by Gasteiger charge is 2.21. The highest BCUT2D eigenvalue weighted by Crippen LogP contribution is 2.38. The minimum Gasteiger partial charge on any atom is -0.756 e. The third-order valence-corrected chi connectivity index (χ3v) is 11.4. The van der Waals surface area contributed by atoms with Crippen molar-refractivity contribution >= 4 is 19.8 Å². The van der Waals surface area contributed by atoms with Crippen LogP contribution in [-0.2, 0) is 32.7 Å². The lowest BCUT2D eigenvalue weighted by Gasteiger charge is -2.28. The van der Waals surface area contributed by atoms with Crippen LogP contribution < -0.4 is 4.89 Å². The Bertz CT molecular complexity index is 1100. The Kier molecular flexibility index (Phi) is 40.3. The average Bonchev–Trinajstić information content (AvgIpc) is 3.19. The second kappa shape index (κ2) is 41.6. The largest absolute Gasteiger partial charge is 0.756 e. The first kappa shape index (κ1) is 57.2. The number of likely N-dealkylation sites (N-methyl/N-ethyl adjacent to an activating group) is 1. The summed E-state index contributed by atoms with van der Waals surface area (Å²) >= 11 is 0. The van der Waals surface area contributed by atoms with Crippen LogP contribution in [0.5, 0.6) is 0 Å². The molecule has 0 radical (unpaired) electrons. The molecule has 0 aliphatic heterocycles. The van der Waals surface area contributed by atoms with Crippen LogP contribution in [0.2, 0.25) is 0 Å². The van der Waals surface area contributed by atoms with Crippen LogP contribution in [0.1, 0.15) is 213 Å². The molecule has 0 saturated carbocycles. The van der Waals surface area contributed by atoms with Crippen molar-refractivity contribution in [3.05, 3.63) is 36.5 Å². The van der Waals surface area contributed by atoms with Crippen molar-refractivity contribution in [2.45, 2.75) is 219 Å². The van der Waals surface area contributed by atoms with Crippen molar-refractivity contribution in [3.8, 4) is 0 Å². The van der Waals surface area contributed by atoms with Gasteiger partial charge in [-0.3, -0.25) is 14.2 Å². The van der Waals surface area contributed by atoms with Gasteiger partial charge in [-0.15, -0.1) is 0 Å². The summed E-state index contributed by atoms with van der Waals surface area (Å²) in [5.41, 5.74) is 0. The number of hydrogen-bond donors (Lipinski definition) is 0. The Hall–Kier alpha value is -1.77. The van der Waals surface area contributed by atoms with Crippen molar-refractivity contribution < 1.29 is 42.1 Å². The molecular weight excluding hydrogens is 762 g/mol. The zero-order chi connectivity index (χ0) is 43.6. The van der Waals surface area contributed by atoms with E-state index in [2.05, 4.69) is 50.3 Å². The standard InChI is InChI=1S/C49H92NO8P/c1-6-8-10-12-14-15-16-17-18-19-20-21-22-23-24-25-26-27-28-29-30-31-32-33-34-35-36-38-40-42-49(52)58-47(45-55-48(51)41-39-37-13-11-9-7-2)46-57-59(53,54)56-44-43-50(3,4)5/h16-17,19-20,22-23,47H,6-15,18,21,24-46H2,1-5H3/b17-16-,20-19-,23-22-. The summed E-state index contributed by atoms with van der Waals surface area (Å²) in [5, 5.41) is 0. The highest BCUT2D eigenvalue weighted by molar-refractivity contribution is 7.45. The van der Waals surface area contributed by atoms with Crippen molar-refractivity contribution in [3.63, 3.8) is 0 Å². The van der Waals surface area contributed by atoms with Gasteiger partial charge in [0, 0.05) is 12.8 Å². The third-order valence-electron chi connectivity index (χ3n) is 10.4. The molecule has 0 aromatic rings. The lowest BCUT2D eigenvalue weighted by Crippen LogP contribution is -2.37. The van der Waals surface area contributed by atoms with E-state index in [0.717, 1.165) is 57.8 Å². The van der Waals surface area contributed by atoms with Gasteiger partial charge in [-0.1, -0.05) is 185 Å². The van der Waals surface area contributed by atoms with Crippen LogP contribution in [0.3, 0.4) is 0 Å². The molecular formula is C49H92NO8P. The Morgan fingerprint density at radius 3 is 1.36 bits per heavy atom. The van der Waals surface area contributed by atoms with Gasteiger partial charge >= 0.3 is 11.9 Å². The van der Waals surface area contributed by atoms with Crippen LogP contribution in [0.25, 0.3) is 0 Å². The van der Waals surface area contributed by atoms with Gasteiger partial charge in [0.1, 0.15) is 19.8 Å². The molecule has 2 atom stereocenters. The lowest BCUT2D eigenvalue weighted by molar-refractivity contribution is -0.870. The van der Waals surface area contributed by atoms with E-state index >= 15 is 0 Å². The van der Waals surface area contributed by atoms with Crippen molar-refractivity contribution in [2.75, 3.05) is 47.5 Å².